The Balaban J connectivity index is 1.99. The third-order valence-electron chi connectivity index (χ3n) is 3.22. The van der Waals surface area contributed by atoms with Gasteiger partial charge >= 0.3 is 0 Å². The molecule has 1 saturated heterocycles. The molecule has 1 aromatic rings. The molecule has 0 radical (unpaired) electrons. The van der Waals surface area contributed by atoms with Crippen molar-refractivity contribution >= 4 is 23.4 Å². The molecule has 0 atom stereocenters. The number of hydrogen-bond acceptors (Lipinski definition) is 3. The fourth-order valence-corrected chi connectivity index (χ4v) is 2.32. The lowest BCUT2D eigenvalue weighted by Crippen LogP contribution is -2.37. The minimum atomic E-state index is -0.169. The molecule has 0 spiro atoms. The fraction of sp³-hybridized carbons (Fsp3) is 0.538. The lowest BCUT2D eigenvalue weighted by molar-refractivity contribution is -0.130. The van der Waals surface area contributed by atoms with Gasteiger partial charge in [-0.25, -0.2) is 0 Å². The van der Waals surface area contributed by atoms with Crippen molar-refractivity contribution < 1.29 is 14.0 Å². The Morgan fingerprint density at radius 2 is 1.89 bits per heavy atom. The van der Waals surface area contributed by atoms with Crippen LogP contribution in [0.15, 0.2) is 16.5 Å². The van der Waals surface area contributed by atoms with Crippen LogP contribution in [0.25, 0.3) is 0 Å². The average molecular weight is 285 g/mol. The highest BCUT2D eigenvalue weighted by Gasteiger charge is 2.23. The highest BCUT2D eigenvalue weighted by Crippen LogP contribution is 2.16. The summed E-state index contributed by atoms with van der Waals surface area (Å²) in [6, 6.07) is 3.13. The average Bonchev–Trinajstić information content (AvgIpc) is 2.71. The van der Waals surface area contributed by atoms with Gasteiger partial charge in [-0.05, 0) is 30.2 Å². The number of halogens is 1. The molecule has 2 amide bonds. The van der Waals surface area contributed by atoms with Crippen LogP contribution in [0.3, 0.4) is 0 Å². The zero-order chi connectivity index (χ0) is 13.8. The monoisotopic (exact) mass is 284 g/mol. The topological polar surface area (TPSA) is 53.8 Å². The van der Waals surface area contributed by atoms with Crippen molar-refractivity contribution in [3.05, 3.63) is 23.1 Å². The summed E-state index contributed by atoms with van der Waals surface area (Å²) in [4.78, 5) is 27.4. The Morgan fingerprint density at radius 1 is 1.21 bits per heavy atom. The lowest BCUT2D eigenvalue weighted by atomic mass is 10.3. The fourth-order valence-electron chi connectivity index (χ4n) is 2.18. The molecule has 1 aromatic heterocycles. The number of carbonyl (C=O) groups excluding carboxylic acids is 2. The second-order valence-electron chi connectivity index (χ2n) is 4.48. The van der Waals surface area contributed by atoms with Gasteiger partial charge in [0.05, 0.1) is 0 Å². The summed E-state index contributed by atoms with van der Waals surface area (Å²) in [5.41, 5.74) is 0. The van der Waals surface area contributed by atoms with Crippen molar-refractivity contribution in [1.82, 2.24) is 9.80 Å². The van der Waals surface area contributed by atoms with E-state index in [1.54, 1.807) is 17.0 Å². The third kappa shape index (κ3) is 3.29. The number of rotatable bonds is 2. The van der Waals surface area contributed by atoms with E-state index in [0.717, 1.165) is 6.42 Å². The number of amides is 2. The van der Waals surface area contributed by atoms with Gasteiger partial charge < -0.3 is 14.2 Å². The van der Waals surface area contributed by atoms with Crippen molar-refractivity contribution in [2.24, 2.45) is 0 Å². The molecule has 19 heavy (non-hydrogen) atoms. The molecule has 0 bridgehead atoms. The zero-order valence-corrected chi connectivity index (χ0v) is 11.7. The van der Waals surface area contributed by atoms with E-state index in [1.165, 1.54) is 0 Å². The minimum absolute atomic E-state index is 0.135. The van der Waals surface area contributed by atoms with Crippen molar-refractivity contribution in [1.29, 1.82) is 0 Å². The van der Waals surface area contributed by atoms with Crippen molar-refractivity contribution in [3.63, 3.8) is 0 Å². The van der Waals surface area contributed by atoms with E-state index < -0.39 is 0 Å². The van der Waals surface area contributed by atoms with Crippen LogP contribution < -0.4 is 0 Å². The third-order valence-corrected chi connectivity index (χ3v) is 3.43. The molecule has 1 aliphatic rings. The summed E-state index contributed by atoms with van der Waals surface area (Å²) >= 11 is 5.67. The molecule has 104 valence electrons. The van der Waals surface area contributed by atoms with E-state index in [4.69, 9.17) is 16.0 Å². The van der Waals surface area contributed by atoms with Crippen LogP contribution in [0.2, 0.25) is 5.22 Å². The van der Waals surface area contributed by atoms with E-state index in [2.05, 4.69) is 0 Å². The quantitative estimate of drug-likeness (QED) is 0.835. The molecule has 0 aliphatic carbocycles. The van der Waals surface area contributed by atoms with Gasteiger partial charge in [0.2, 0.25) is 5.91 Å². The maximum atomic E-state index is 12.2. The van der Waals surface area contributed by atoms with Gasteiger partial charge in [-0.2, -0.15) is 0 Å². The second-order valence-corrected chi connectivity index (χ2v) is 4.86. The predicted octanol–water partition coefficient (Wildman–Crippen LogP) is 2.02. The van der Waals surface area contributed by atoms with E-state index in [-0.39, 0.29) is 22.8 Å². The van der Waals surface area contributed by atoms with Crippen LogP contribution in [0.1, 0.15) is 30.3 Å². The molecular weight excluding hydrogens is 268 g/mol. The molecule has 5 nitrogen and oxygen atoms in total. The molecule has 1 aliphatic heterocycles. The summed E-state index contributed by atoms with van der Waals surface area (Å²) < 4.78 is 5.13. The molecule has 1 fully saturated rings. The molecule has 0 saturated carbocycles. The Morgan fingerprint density at radius 3 is 2.53 bits per heavy atom. The van der Waals surface area contributed by atoms with Crippen LogP contribution in [-0.2, 0) is 4.79 Å². The van der Waals surface area contributed by atoms with Gasteiger partial charge in [-0.1, -0.05) is 6.92 Å². The largest absolute Gasteiger partial charge is 0.440 e. The summed E-state index contributed by atoms with van der Waals surface area (Å²) in [6.07, 6.45) is 1.29. The van der Waals surface area contributed by atoms with Gasteiger partial charge in [0.15, 0.2) is 11.0 Å². The van der Waals surface area contributed by atoms with Crippen molar-refractivity contribution in [2.75, 3.05) is 26.2 Å². The molecule has 2 heterocycles. The van der Waals surface area contributed by atoms with Gasteiger partial charge in [0.1, 0.15) is 0 Å². The smallest absolute Gasteiger partial charge is 0.289 e. The summed E-state index contributed by atoms with van der Waals surface area (Å²) in [5.74, 6) is 0.216. The van der Waals surface area contributed by atoms with Gasteiger partial charge in [0, 0.05) is 32.6 Å². The first-order valence-electron chi connectivity index (χ1n) is 6.44. The Kier molecular flexibility index (Phi) is 4.47. The highest BCUT2D eigenvalue weighted by molar-refractivity contribution is 6.29. The van der Waals surface area contributed by atoms with Crippen LogP contribution in [0, 0.1) is 0 Å². The highest BCUT2D eigenvalue weighted by atomic mass is 35.5. The molecular formula is C13H17ClN2O3. The Hall–Kier alpha value is -1.49. The standard InChI is InChI=1S/C13H17ClN2O3/c1-2-12(17)15-6-3-7-16(9-8-15)13(18)10-4-5-11(14)19-10/h4-5H,2-3,6-9H2,1H3. The first-order valence-corrected chi connectivity index (χ1v) is 6.82. The Labute approximate surface area is 117 Å². The maximum absolute atomic E-state index is 12.2. The summed E-state index contributed by atoms with van der Waals surface area (Å²) in [7, 11) is 0. The minimum Gasteiger partial charge on any atom is -0.440 e. The van der Waals surface area contributed by atoms with Crippen LogP contribution in [0.5, 0.6) is 0 Å². The molecule has 6 heteroatoms. The summed E-state index contributed by atoms with van der Waals surface area (Å²) in [5, 5.41) is 0.209. The Bertz CT molecular complexity index is 472. The van der Waals surface area contributed by atoms with Gasteiger partial charge in [-0.3, -0.25) is 9.59 Å². The first-order chi connectivity index (χ1) is 9.11. The van der Waals surface area contributed by atoms with E-state index in [9.17, 15) is 9.59 Å². The number of hydrogen-bond donors (Lipinski definition) is 0. The normalized spacial score (nSPS) is 16.3. The predicted molar refractivity (Wildman–Crippen MR) is 71.1 cm³/mol. The number of nitrogens with zero attached hydrogens (tertiary/aromatic N) is 2. The number of carbonyl (C=O) groups is 2. The van der Waals surface area contributed by atoms with Crippen LogP contribution >= 0.6 is 11.6 Å². The zero-order valence-electron chi connectivity index (χ0n) is 10.9. The van der Waals surface area contributed by atoms with E-state index in [0.29, 0.717) is 32.6 Å². The lowest BCUT2D eigenvalue weighted by Gasteiger charge is -2.21. The van der Waals surface area contributed by atoms with Crippen molar-refractivity contribution in [2.45, 2.75) is 19.8 Å². The van der Waals surface area contributed by atoms with Gasteiger partial charge in [-0.15, -0.1) is 0 Å². The van der Waals surface area contributed by atoms with Crippen molar-refractivity contribution in [3.8, 4) is 0 Å². The molecule has 2 rings (SSSR count). The number of furan rings is 1. The maximum Gasteiger partial charge on any atom is 0.289 e. The summed E-state index contributed by atoms with van der Waals surface area (Å²) in [6.45, 7) is 4.29. The molecule has 0 unspecified atom stereocenters. The van der Waals surface area contributed by atoms with E-state index >= 15 is 0 Å². The first kappa shape index (κ1) is 13.9. The SMILES string of the molecule is CCC(=O)N1CCCN(C(=O)c2ccc(Cl)o2)CC1. The van der Waals surface area contributed by atoms with Gasteiger partial charge in [0.25, 0.3) is 5.91 Å². The van der Waals surface area contributed by atoms with E-state index in [1.807, 2.05) is 11.8 Å². The van der Waals surface area contributed by atoms with Crippen LogP contribution in [0.4, 0.5) is 0 Å². The second kappa shape index (κ2) is 6.10. The molecule has 0 N–H and O–H groups in total. The van der Waals surface area contributed by atoms with Crippen LogP contribution in [-0.4, -0.2) is 47.8 Å². The molecule has 0 aromatic carbocycles.